The first-order valence-corrected chi connectivity index (χ1v) is 4.88. The number of rotatable bonds is 3. The van der Waals surface area contributed by atoms with Gasteiger partial charge < -0.3 is 9.87 Å². The van der Waals surface area contributed by atoms with E-state index in [1.165, 1.54) is 12.1 Å². The van der Waals surface area contributed by atoms with Crippen molar-refractivity contribution in [3.8, 4) is 0 Å². The molecule has 0 bridgehead atoms. The van der Waals surface area contributed by atoms with Crippen molar-refractivity contribution in [2.45, 2.75) is 4.90 Å². The molecule has 0 heterocycles. The molecule has 5 heteroatoms. The fourth-order valence-corrected chi connectivity index (χ4v) is 1.22. The highest BCUT2D eigenvalue weighted by molar-refractivity contribution is 7.79. The van der Waals surface area contributed by atoms with E-state index in [0.29, 0.717) is 10.6 Å². The Morgan fingerprint density at radius 2 is 2.00 bits per heavy atom. The predicted octanol–water partition coefficient (Wildman–Crippen LogP) is 1.39. The minimum absolute atomic E-state index is 0.293. The molecule has 4 nitrogen and oxygen atoms in total. The van der Waals surface area contributed by atoms with Crippen molar-refractivity contribution in [2.75, 3.05) is 5.32 Å². The highest BCUT2D eigenvalue weighted by Crippen LogP contribution is 2.11. The van der Waals surface area contributed by atoms with Crippen molar-refractivity contribution >= 4 is 22.7 Å². The van der Waals surface area contributed by atoms with Gasteiger partial charge in [-0.1, -0.05) is 6.58 Å². The van der Waals surface area contributed by atoms with Gasteiger partial charge in [0, 0.05) is 5.69 Å². The average molecular weight is 211 g/mol. The Morgan fingerprint density at radius 3 is 2.43 bits per heavy atom. The summed E-state index contributed by atoms with van der Waals surface area (Å²) in [5.74, 6) is -0.317. The topological polar surface area (TPSA) is 66.4 Å². The predicted molar refractivity (Wildman–Crippen MR) is 54.3 cm³/mol. The number of anilines is 1. The maximum atomic E-state index is 10.9. The van der Waals surface area contributed by atoms with Gasteiger partial charge in [0.2, 0.25) is 5.91 Å². The molecule has 0 saturated heterocycles. The normalized spacial score (nSPS) is 11.8. The van der Waals surface area contributed by atoms with E-state index >= 15 is 0 Å². The minimum atomic E-state index is -1.98. The lowest BCUT2D eigenvalue weighted by atomic mass is 10.3. The number of nitrogens with one attached hydrogen (secondary N) is 1. The lowest BCUT2D eigenvalue weighted by Crippen LogP contribution is -2.07. The summed E-state index contributed by atoms with van der Waals surface area (Å²) in [5, 5.41) is 2.52. The second kappa shape index (κ2) is 4.69. The third-order valence-electron chi connectivity index (χ3n) is 1.51. The van der Waals surface area contributed by atoms with E-state index in [1.54, 1.807) is 12.1 Å². The van der Waals surface area contributed by atoms with Crippen molar-refractivity contribution in [3.63, 3.8) is 0 Å². The van der Waals surface area contributed by atoms with Gasteiger partial charge in [-0.2, -0.15) is 0 Å². The van der Waals surface area contributed by atoms with Crippen molar-refractivity contribution in [2.24, 2.45) is 0 Å². The molecule has 2 N–H and O–H groups in total. The number of hydrogen-bond donors (Lipinski definition) is 2. The Balaban J connectivity index is 2.78. The first kappa shape index (κ1) is 10.6. The molecule has 1 aromatic rings. The molecule has 1 atom stereocenters. The highest BCUT2D eigenvalue weighted by atomic mass is 32.2. The summed E-state index contributed by atoms with van der Waals surface area (Å²) < 4.78 is 19.3. The molecule has 1 aromatic carbocycles. The van der Waals surface area contributed by atoms with Crippen LogP contribution in [0.3, 0.4) is 0 Å². The van der Waals surface area contributed by atoms with Crippen LogP contribution >= 0.6 is 0 Å². The van der Waals surface area contributed by atoms with Crippen molar-refractivity contribution in [1.29, 1.82) is 0 Å². The molecule has 0 fully saturated rings. The molecule has 0 aliphatic rings. The molecule has 1 amide bonds. The molecule has 74 valence electrons. The van der Waals surface area contributed by atoms with Gasteiger partial charge in [-0.25, -0.2) is 4.21 Å². The molecule has 0 saturated carbocycles. The van der Waals surface area contributed by atoms with Crippen LogP contribution in [0.2, 0.25) is 0 Å². The molecule has 0 radical (unpaired) electrons. The van der Waals surface area contributed by atoms with Crippen LogP contribution in [0.15, 0.2) is 41.8 Å². The quantitative estimate of drug-likeness (QED) is 0.586. The first-order chi connectivity index (χ1) is 6.63. The molecular formula is C9H9NO3S. The zero-order chi connectivity index (χ0) is 10.6. The maximum absolute atomic E-state index is 10.9. The third kappa shape index (κ3) is 2.79. The lowest BCUT2D eigenvalue weighted by Gasteiger charge is -2.01. The molecule has 14 heavy (non-hydrogen) atoms. The van der Waals surface area contributed by atoms with E-state index in [-0.39, 0.29) is 5.91 Å². The number of carbonyl (C=O) groups is 1. The summed E-state index contributed by atoms with van der Waals surface area (Å²) in [4.78, 5) is 11.2. The van der Waals surface area contributed by atoms with Crippen molar-refractivity contribution < 1.29 is 13.6 Å². The van der Waals surface area contributed by atoms with Gasteiger partial charge in [0.05, 0.1) is 4.90 Å². The molecule has 0 aliphatic heterocycles. The van der Waals surface area contributed by atoms with E-state index in [1.807, 2.05) is 0 Å². The smallest absolute Gasteiger partial charge is 0.247 e. The van der Waals surface area contributed by atoms with Crippen LogP contribution in [0, 0.1) is 0 Å². The Bertz CT molecular complexity index is 372. The summed E-state index contributed by atoms with van der Waals surface area (Å²) in [6.07, 6.45) is 1.15. The summed E-state index contributed by atoms with van der Waals surface area (Å²) in [7, 11) is 0. The number of amides is 1. The first-order valence-electron chi connectivity index (χ1n) is 3.78. The largest absolute Gasteiger partial charge is 0.323 e. The Hall–Kier alpha value is -1.46. The van der Waals surface area contributed by atoms with Crippen molar-refractivity contribution in [1.82, 2.24) is 0 Å². The van der Waals surface area contributed by atoms with E-state index in [4.69, 9.17) is 4.55 Å². The van der Waals surface area contributed by atoms with Gasteiger partial charge in [0.15, 0.2) is 11.1 Å². The molecule has 0 aliphatic carbocycles. The average Bonchev–Trinajstić information content (AvgIpc) is 2.18. The van der Waals surface area contributed by atoms with Crippen LogP contribution in [0.5, 0.6) is 0 Å². The SMILES string of the molecule is C=CC(=O)Nc1ccc(S(=O)O)cc1. The molecule has 1 unspecified atom stereocenters. The fraction of sp³-hybridized carbons (Fsp3) is 0. The monoisotopic (exact) mass is 211 g/mol. The molecule has 0 spiro atoms. The number of hydrogen-bond acceptors (Lipinski definition) is 2. The van der Waals surface area contributed by atoms with Gasteiger partial charge in [0.1, 0.15) is 0 Å². The lowest BCUT2D eigenvalue weighted by molar-refractivity contribution is -0.111. The van der Waals surface area contributed by atoms with E-state index in [2.05, 4.69) is 11.9 Å². The fourth-order valence-electron chi connectivity index (χ4n) is 0.848. The standard InChI is InChI=1S/C9H9NO3S/c1-2-9(11)10-7-3-5-8(6-4-7)14(12)13/h2-6H,1H2,(H,10,11)(H,12,13). The zero-order valence-electron chi connectivity index (χ0n) is 7.27. The zero-order valence-corrected chi connectivity index (χ0v) is 8.08. The van der Waals surface area contributed by atoms with Gasteiger partial charge in [-0.3, -0.25) is 4.79 Å². The van der Waals surface area contributed by atoms with Gasteiger partial charge in [-0.05, 0) is 30.3 Å². The van der Waals surface area contributed by atoms with Crippen LogP contribution in [-0.4, -0.2) is 14.7 Å². The molecular weight excluding hydrogens is 202 g/mol. The summed E-state index contributed by atoms with van der Waals surface area (Å²) in [5.41, 5.74) is 0.559. The Kier molecular flexibility index (Phi) is 3.55. The molecule has 1 rings (SSSR count). The molecule has 0 aromatic heterocycles. The maximum Gasteiger partial charge on any atom is 0.247 e. The van der Waals surface area contributed by atoms with Crippen LogP contribution in [0.1, 0.15) is 0 Å². The summed E-state index contributed by atoms with van der Waals surface area (Å²) >= 11 is -1.98. The van der Waals surface area contributed by atoms with E-state index in [9.17, 15) is 9.00 Å². The Morgan fingerprint density at radius 1 is 1.43 bits per heavy atom. The van der Waals surface area contributed by atoms with Crippen molar-refractivity contribution in [3.05, 3.63) is 36.9 Å². The second-order valence-corrected chi connectivity index (χ2v) is 3.44. The summed E-state index contributed by atoms with van der Waals surface area (Å²) in [6.45, 7) is 3.30. The van der Waals surface area contributed by atoms with E-state index in [0.717, 1.165) is 6.08 Å². The van der Waals surface area contributed by atoms with Crippen LogP contribution in [-0.2, 0) is 15.9 Å². The van der Waals surface area contributed by atoms with Crippen LogP contribution < -0.4 is 5.32 Å². The van der Waals surface area contributed by atoms with Crippen LogP contribution in [0.25, 0.3) is 0 Å². The third-order valence-corrected chi connectivity index (χ3v) is 2.18. The Labute approximate surface area is 83.9 Å². The highest BCUT2D eigenvalue weighted by Gasteiger charge is 2.00. The van der Waals surface area contributed by atoms with Gasteiger partial charge in [0.25, 0.3) is 0 Å². The van der Waals surface area contributed by atoms with Gasteiger partial charge in [-0.15, -0.1) is 0 Å². The van der Waals surface area contributed by atoms with Crippen LogP contribution in [0.4, 0.5) is 5.69 Å². The summed E-state index contributed by atoms with van der Waals surface area (Å²) in [6, 6.07) is 6.03. The number of carbonyl (C=O) groups excluding carboxylic acids is 1. The second-order valence-electron chi connectivity index (χ2n) is 2.47. The van der Waals surface area contributed by atoms with E-state index < -0.39 is 11.1 Å². The minimum Gasteiger partial charge on any atom is -0.323 e. The number of benzene rings is 1. The van der Waals surface area contributed by atoms with Gasteiger partial charge >= 0.3 is 0 Å².